The van der Waals surface area contributed by atoms with Crippen molar-refractivity contribution in [1.82, 2.24) is 0 Å². The van der Waals surface area contributed by atoms with Gasteiger partial charge in [0.05, 0.1) is 9.79 Å². The zero-order chi connectivity index (χ0) is 25.1. The van der Waals surface area contributed by atoms with Crippen LogP contribution in [0.5, 0.6) is 0 Å². The van der Waals surface area contributed by atoms with Gasteiger partial charge in [0, 0.05) is 33.9 Å². The first kappa shape index (κ1) is 21.6. The zero-order valence-corrected chi connectivity index (χ0v) is 20.8. The molecule has 2 aliphatic rings. The van der Waals surface area contributed by atoms with Gasteiger partial charge in [-0.25, -0.2) is 8.42 Å². The molecule has 0 heterocycles. The summed E-state index contributed by atoms with van der Waals surface area (Å²) < 4.78 is 29.1. The number of nitrogens with two attached hydrogens (primary N) is 4. The predicted octanol–water partition coefficient (Wildman–Crippen LogP) is 5.38. The number of fused-ring (bicyclic) bond motifs is 8. The molecule has 0 saturated carbocycles. The van der Waals surface area contributed by atoms with Crippen LogP contribution in [-0.2, 0) is 9.84 Å². The van der Waals surface area contributed by atoms with Gasteiger partial charge in [-0.3, -0.25) is 0 Å². The predicted molar refractivity (Wildman–Crippen MR) is 144 cm³/mol. The van der Waals surface area contributed by atoms with Crippen molar-refractivity contribution in [3.8, 4) is 44.5 Å². The molecule has 0 amide bonds. The molecule has 4 aromatic rings. The van der Waals surface area contributed by atoms with E-state index in [1.807, 2.05) is 50.2 Å². The first-order valence-electron chi connectivity index (χ1n) is 11.4. The molecule has 7 heteroatoms. The molecule has 35 heavy (non-hydrogen) atoms. The quantitative estimate of drug-likeness (QED) is 0.245. The number of benzene rings is 4. The highest BCUT2D eigenvalue weighted by Gasteiger charge is 2.40. The van der Waals surface area contributed by atoms with Crippen molar-refractivity contribution in [2.75, 3.05) is 22.9 Å². The van der Waals surface area contributed by atoms with Gasteiger partial charge >= 0.3 is 0 Å². The summed E-state index contributed by atoms with van der Waals surface area (Å²) in [6.45, 7) is 7.37. The lowest BCUT2D eigenvalue weighted by Crippen LogP contribution is -2.18. The Morgan fingerprint density at radius 3 is 1.20 bits per heavy atom. The minimum atomic E-state index is -4.02. The van der Waals surface area contributed by atoms with Crippen LogP contribution in [0.2, 0.25) is 0 Å². The van der Waals surface area contributed by atoms with Gasteiger partial charge in [-0.1, -0.05) is 0 Å². The van der Waals surface area contributed by atoms with E-state index in [4.69, 9.17) is 22.9 Å². The molecule has 0 saturated heterocycles. The molecule has 0 fully saturated rings. The monoisotopic (exact) mass is 482 g/mol. The van der Waals surface area contributed by atoms with Crippen LogP contribution in [0.3, 0.4) is 0 Å². The highest BCUT2D eigenvalue weighted by Crippen LogP contribution is 2.58. The molecule has 0 atom stereocenters. The number of rotatable bonds is 2. The van der Waals surface area contributed by atoms with Crippen LogP contribution in [-0.4, -0.2) is 8.42 Å². The number of aryl methyl sites for hydroxylation is 2. The van der Waals surface area contributed by atoms with Crippen LogP contribution in [0.4, 0.5) is 22.7 Å². The standard InChI is InChI=1S/C28H26N4O2S/c1-11-5-15-17(7-21(11)29)25-19(15)9-23(31)13(3)27(25)35(33,34)28-14(4)24(32)10-20-16-6-12(2)22(30)8-18(16)26(20)28/h5-10H,29-32H2,1-4H3. The van der Waals surface area contributed by atoms with Crippen molar-refractivity contribution in [3.05, 3.63) is 58.7 Å². The third-order valence-corrected chi connectivity index (χ3v) is 9.70. The highest BCUT2D eigenvalue weighted by molar-refractivity contribution is 7.92. The van der Waals surface area contributed by atoms with E-state index in [1.54, 1.807) is 13.8 Å². The van der Waals surface area contributed by atoms with Gasteiger partial charge in [-0.15, -0.1) is 0 Å². The number of sulfone groups is 1. The fourth-order valence-electron chi connectivity index (χ4n) is 5.47. The molecule has 176 valence electrons. The van der Waals surface area contributed by atoms with Crippen molar-refractivity contribution in [1.29, 1.82) is 0 Å². The van der Waals surface area contributed by atoms with Crippen LogP contribution < -0.4 is 22.9 Å². The maximum atomic E-state index is 14.5. The maximum Gasteiger partial charge on any atom is 0.208 e. The lowest BCUT2D eigenvalue weighted by molar-refractivity contribution is 0.595. The third-order valence-electron chi connectivity index (χ3n) is 7.61. The molecule has 8 N–H and O–H groups in total. The first-order chi connectivity index (χ1) is 16.4. The highest BCUT2D eigenvalue weighted by atomic mass is 32.2. The Morgan fingerprint density at radius 2 is 0.829 bits per heavy atom. The molecular formula is C28H26N4O2S. The summed E-state index contributed by atoms with van der Waals surface area (Å²) in [6, 6.07) is 11.4. The molecule has 0 aromatic heterocycles. The summed E-state index contributed by atoms with van der Waals surface area (Å²) in [5.74, 6) is 0. The van der Waals surface area contributed by atoms with Crippen molar-refractivity contribution in [2.24, 2.45) is 0 Å². The molecule has 0 spiro atoms. The van der Waals surface area contributed by atoms with E-state index >= 15 is 0 Å². The Bertz CT molecular complexity index is 1660. The second-order valence-electron chi connectivity index (χ2n) is 9.70. The normalized spacial score (nSPS) is 12.7. The fraction of sp³-hybridized carbons (Fsp3) is 0.143. The van der Waals surface area contributed by atoms with Gasteiger partial charge in [-0.2, -0.15) is 0 Å². The van der Waals surface area contributed by atoms with Gasteiger partial charge in [0.25, 0.3) is 0 Å². The van der Waals surface area contributed by atoms with E-state index in [0.717, 1.165) is 44.5 Å². The van der Waals surface area contributed by atoms with Gasteiger partial charge in [0.15, 0.2) is 0 Å². The summed E-state index contributed by atoms with van der Waals surface area (Å²) in [4.78, 5) is 0.431. The maximum absolute atomic E-state index is 14.5. The van der Waals surface area contributed by atoms with Gasteiger partial charge < -0.3 is 22.9 Å². The second kappa shape index (κ2) is 6.58. The lowest BCUT2D eigenvalue weighted by atomic mass is 9.78. The third kappa shape index (κ3) is 2.56. The van der Waals surface area contributed by atoms with Crippen molar-refractivity contribution in [2.45, 2.75) is 37.5 Å². The topological polar surface area (TPSA) is 138 Å². The summed E-state index contributed by atoms with van der Waals surface area (Å²) in [7, 11) is -4.02. The summed E-state index contributed by atoms with van der Waals surface area (Å²) in [5.41, 5.74) is 36.7. The summed E-state index contributed by atoms with van der Waals surface area (Å²) in [5, 5.41) is 0. The summed E-state index contributed by atoms with van der Waals surface area (Å²) >= 11 is 0. The number of anilines is 4. The first-order valence-corrected chi connectivity index (χ1v) is 12.8. The van der Waals surface area contributed by atoms with Crippen LogP contribution in [0.15, 0.2) is 46.2 Å². The molecule has 0 radical (unpaired) electrons. The molecule has 0 unspecified atom stereocenters. The second-order valence-corrected chi connectivity index (χ2v) is 11.5. The van der Waals surface area contributed by atoms with Crippen molar-refractivity contribution in [3.63, 3.8) is 0 Å². The Morgan fingerprint density at radius 1 is 0.486 bits per heavy atom. The average molecular weight is 483 g/mol. The van der Waals surface area contributed by atoms with Crippen LogP contribution in [0.1, 0.15) is 22.3 Å². The fourth-order valence-corrected chi connectivity index (χ4v) is 7.69. The Balaban J connectivity index is 1.67. The van der Waals surface area contributed by atoms with Crippen LogP contribution >= 0.6 is 0 Å². The largest absolute Gasteiger partial charge is 0.398 e. The Hall–Kier alpha value is -3.97. The SMILES string of the molecule is Cc1cc2c(cc1N)-c1c-2cc(N)c(C)c1S(=O)(=O)c1c(C)c(N)cc2c1-c1cc(N)c(C)cc1-2. The van der Waals surface area contributed by atoms with E-state index in [1.165, 1.54) is 0 Å². The van der Waals surface area contributed by atoms with Gasteiger partial charge in [0.2, 0.25) is 9.84 Å². The Kier molecular flexibility index (Phi) is 4.05. The number of hydrogen-bond donors (Lipinski definition) is 4. The minimum Gasteiger partial charge on any atom is -0.398 e. The molecule has 6 nitrogen and oxygen atoms in total. The van der Waals surface area contributed by atoms with Crippen molar-refractivity contribution < 1.29 is 8.42 Å². The summed E-state index contributed by atoms with van der Waals surface area (Å²) in [6.07, 6.45) is 0. The van der Waals surface area contributed by atoms with Crippen LogP contribution in [0, 0.1) is 27.7 Å². The lowest BCUT2D eigenvalue weighted by Gasteiger charge is -2.33. The smallest absolute Gasteiger partial charge is 0.208 e. The Labute approximate surface area is 204 Å². The van der Waals surface area contributed by atoms with Gasteiger partial charge in [0.1, 0.15) is 0 Å². The average Bonchev–Trinajstić information content (AvgIpc) is 2.80. The van der Waals surface area contributed by atoms with E-state index in [2.05, 4.69) is 0 Å². The zero-order valence-electron chi connectivity index (χ0n) is 20.0. The molecular weight excluding hydrogens is 456 g/mol. The molecule has 6 rings (SSSR count). The molecule has 4 aromatic carbocycles. The van der Waals surface area contributed by atoms with Crippen molar-refractivity contribution >= 4 is 32.6 Å². The number of hydrogen-bond acceptors (Lipinski definition) is 6. The van der Waals surface area contributed by atoms with E-state index in [-0.39, 0.29) is 9.79 Å². The van der Waals surface area contributed by atoms with E-state index < -0.39 is 9.84 Å². The minimum absolute atomic E-state index is 0.215. The number of nitrogen functional groups attached to an aromatic ring is 4. The molecule has 0 aliphatic heterocycles. The molecule has 2 aliphatic carbocycles. The van der Waals surface area contributed by atoms with Gasteiger partial charge in [-0.05, 0) is 120 Å². The van der Waals surface area contributed by atoms with Crippen LogP contribution in [0.25, 0.3) is 44.5 Å². The van der Waals surface area contributed by atoms with E-state index in [0.29, 0.717) is 45.0 Å². The van der Waals surface area contributed by atoms with E-state index in [9.17, 15) is 8.42 Å². The molecule has 0 bridgehead atoms.